The van der Waals surface area contributed by atoms with Crippen LogP contribution in [0.4, 0.5) is 0 Å². The summed E-state index contributed by atoms with van der Waals surface area (Å²) >= 11 is 0. The molecule has 0 unspecified atom stereocenters. The van der Waals surface area contributed by atoms with E-state index in [-0.39, 0.29) is 24.0 Å². The van der Waals surface area contributed by atoms with Crippen molar-refractivity contribution in [2.75, 3.05) is 0 Å². The van der Waals surface area contributed by atoms with Crippen molar-refractivity contribution in [1.29, 1.82) is 0 Å². The van der Waals surface area contributed by atoms with E-state index in [0.717, 1.165) is 6.42 Å². The molecule has 82 valence electrons. The SMILES string of the molecule is CCCc1c2ccc(C)n2cc[n+]1C.[I-]. The maximum Gasteiger partial charge on any atom is 0.205 e. The molecule has 0 radical (unpaired) electrons. The third-order valence-electron chi connectivity index (χ3n) is 2.77. The summed E-state index contributed by atoms with van der Waals surface area (Å²) < 4.78 is 4.48. The molecule has 2 aromatic rings. The summed E-state index contributed by atoms with van der Waals surface area (Å²) in [6, 6.07) is 4.38. The predicted molar refractivity (Wildman–Crippen MR) is 57.3 cm³/mol. The molecule has 0 spiro atoms. The molecular formula is C12H17IN2. The monoisotopic (exact) mass is 316 g/mol. The van der Waals surface area contributed by atoms with E-state index >= 15 is 0 Å². The van der Waals surface area contributed by atoms with Gasteiger partial charge in [-0.05, 0) is 25.5 Å². The molecule has 2 rings (SSSR count). The summed E-state index contributed by atoms with van der Waals surface area (Å²) in [5.74, 6) is 0. The molecule has 0 aliphatic heterocycles. The number of halogens is 1. The Balaban J connectivity index is 0.00000112. The van der Waals surface area contributed by atoms with Crippen molar-refractivity contribution in [2.45, 2.75) is 26.7 Å². The number of hydrogen-bond acceptors (Lipinski definition) is 0. The first kappa shape index (κ1) is 12.5. The van der Waals surface area contributed by atoms with Crippen molar-refractivity contribution in [3.05, 3.63) is 35.9 Å². The van der Waals surface area contributed by atoms with Crippen LogP contribution in [-0.2, 0) is 13.5 Å². The average Bonchev–Trinajstić information content (AvgIpc) is 2.53. The molecule has 0 aliphatic carbocycles. The van der Waals surface area contributed by atoms with Gasteiger partial charge in [-0.3, -0.25) is 0 Å². The van der Waals surface area contributed by atoms with Gasteiger partial charge < -0.3 is 28.4 Å². The number of rotatable bonds is 2. The van der Waals surface area contributed by atoms with E-state index in [1.54, 1.807) is 0 Å². The standard InChI is InChI=1S/C12H17N2.HI/c1-4-5-11-12-7-6-10(2)14(12)9-8-13(11)3;/h6-9H,4-5H2,1-3H3;1H/q+1;/p-1. The zero-order valence-electron chi connectivity index (χ0n) is 9.50. The van der Waals surface area contributed by atoms with E-state index in [1.807, 2.05) is 0 Å². The Kier molecular flexibility index (Phi) is 4.13. The minimum Gasteiger partial charge on any atom is -1.00 e. The van der Waals surface area contributed by atoms with Gasteiger partial charge in [-0.2, -0.15) is 0 Å². The Morgan fingerprint density at radius 3 is 2.73 bits per heavy atom. The second-order valence-electron chi connectivity index (χ2n) is 3.84. The first-order chi connectivity index (χ1) is 6.74. The quantitative estimate of drug-likeness (QED) is 0.498. The molecule has 2 aromatic heterocycles. The van der Waals surface area contributed by atoms with Gasteiger partial charge in [0.1, 0.15) is 12.6 Å². The van der Waals surface area contributed by atoms with Crippen molar-refractivity contribution >= 4 is 5.52 Å². The normalized spacial score (nSPS) is 10.3. The summed E-state index contributed by atoms with van der Waals surface area (Å²) in [5, 5.41) is 0. The zero-order valence-corrected chi connectivity index (χ0v) is 11.7. The lowest BCUT2D eigenvalue weighted by Crippen LogP contribution is -3.00. The zero-order chi connectivity index (χ0) is 10.1. The first-order valence-electron chi connectivity index (χ1n) is 5.19. The van der Waals surface area contributed by atoms with Crippen LogP contribution in [0.15, 0.2) is 24.5 Å². The molecule has 0 saturated carbocycles. The van der Waals surface area contributed by atoms with Crippen LogP contribution in [0.3, 0.4) is 0 Å². The fourth-order valence-electron chi connectivity index (χ4n) is 1.96. The van der Waals surface area contributed by atoms with Crippen LogP contribution in [-0.4, -0.2) is 4.40 Å². The Bertz CT molecular complexity index is 460. The van der Waals surface area contributed by atoms with Gasteiger partial charge in [-0.25, -0.2) is 4.57 Å². The molecule has 0 aromatic carbocycles. The van der Waals surface area contributed by atoms with E-state index in [4.69, 9.17) is 0 Å². The van der Waals surface area contributed by atoms with Gasteiger partial charge in [0.05, 0.1) is 6.20 Å². The number of aryl methyl sites for hydroxylation is 3. The lowest BCUT2D eigenvalue weighted by atomic mass is 10.2. The highest BCUT2D eigenvalue weighted by molar-refractivity contribution is 5.52. The van der Waals surface area contributed by atoms with E-state index in [0.29, 0.717) is 0 Å². The molecule has 2 nitrogen and oxygen atoms in total. The molecule has 0 aliphatic rings. The van der Waals surface area contributed by atoms with E-state index in [9.17, 15) is 0 Å². The Morgan fingerprint density at radius 2 is 2.07 bits per heavy atom. The fraction of sp³-hybridized carbons (Fsp3) is 0.417. The van der Waals surface area contributed by atoms with E-state index < -0.39 is 0 Å². The lowest BCUT2D eigenvalue weighted by molar-refractivity contribution is -0.678. The summed E-state index contributed by atoms with van der Waals surface area (Å²) in [6.07, 6.45) is 6.59. The molecule has 0 saturated heterocycles. The van der Waals surface area contributed by atoms with E-state index in [2.05, 4.69) is 54.4 Å². The van der Waals surface area contributed by atoms with Gasteiger partial charge in [0, 0.05) is 12.1 Å². The lowest BCUT2D eigenvalue weighted by Gasteiger charge is -2.02. The highest BCUT2D eigenvalue weighted by Crippen LogP contribution is 2.12. The van der Waals surface area contributed by atoms with Crippen LogP contribution >= 0.6 is 0 Å². The van der Waals surface area contributed by atoms with Gasteiger partial charge in [-0.15, -0.1) is 0 Å². The van der Waals surface area contributed by atoms with Crippen LogP contribution in [0, 0.1) is 6.92 Å². The molecule has 3 heteroatoms. The first-order valence-corrected chi connectivity index (χ1v) is 5.19. The number of nitrogens with zero attached hydrogens (tertiary/aromatic N) is 2. The van der Waals surface area contributed by atoms with Gasteiger partial charge >= 0.3 is 0 Å². The van der Waals surface area contributed by atoms with Crippen LogP contribution < -0.4 is 28.5 Å². The van der Waals surface area contributed by atoms with Crippen LogP contribution in [0.25, 0.3) is 5.52 Å². The van der Waals surface area contributed by atoms with E-state index in [1.165, 1.54) is 23.3 Å². The third kappa shape index (κ3) is 2.17. The van der Waals surface area contributed by atoms with Crippen molar-refractivity contribution in [2.24, 2.45) is 7.05 Å². The maximum atomic E-state index is 2.25. The second-order valence-corrected chi connectivity index (χ2v) is 3.84. The van der Waals surface area contributed by atoms with Crippen molar-refractivity contribution in [1.82, 2.24) is 4.40 Å². The summed E-state index contributed by atoms with van der Waals surface area (Å²) in [6.45, 7) is 4.36. The summed E-state index contributed by atoms with van der Waals surface area (Å²) in [7, 11) is 2.12. The van der Waals surface area contributed by atoms with Gasteiger partial charge in [-0.1, -0.05) is 6.92 Å². The van der Waals surface area contributed by atoms with Gasteiger partial charge in [0.2, 0.25) is 5.69 Å². The smallest absolute Gasteiger partial charge is 0.205 e. The second kappa shape index (κ2) is 4.96. The van der Waals surface area contributed by atoms with Crippen molar-refractivity contribution < 1.29 is 28.5 Å². The minimum atomic E-state index is 0. The molecule has 15 heavy (non-hydrogen) atoms. The summed E-state index contributed by atoms with van der Waals surface area (Å²) in [5.41, 5.74) is 4.07. The van der Waals surface area contributed by atoms with Crippen LogP contribution in [0.1, 0.15) is 24.7 Å². The molecule has 0 N–H and O–H groups in total. The number of aromatic nitrogens is 2. The number of hydrogen-bond donors (Lipinski definition) is 0. The Hall–Kier alpha value is -0.580. The van der Waals surface area contributed by atoms with Crippen molar-refractivity contribution in [3.8, 4) is 0 Å². The fourth-order valence-corrected chi connectivity index (χ4v) is 1.96. The summed E-state index contributed by atoms with van der Waals surface area (Å²) in [4.78, 5) is 0. The van der Waals surface area contributed by atoms with Crippen LogP contribution in [0.2, 0.25) is 0 Å². The molecular weight excluding hydrogens is 299 g/mol. The predicted octanol–water partition coefficient (Wildman–Crippen LogP) is -0.971. The molecule has 0 amide bonds. The topological polar surface area (TPSA) is 8.29 Å². The molecule has 0 fully saturated rings. The molecule has 2 heterocycles. The Morgan fingerprint density at radius 1 is 1.33 bits per heavy atom. The van der Waals surface area contributed by atoms with Gasteiger partial charge in [0.15, 0.2) is 6.20 Å². The highest BCUT2D eigenvalue weighted by Gasteiger charge is 2.11. The minimum absolute atomic E-state index is 0. The third-order valence-corrected chi connectivity index (χ3v) is 2.77. The average molecular weight is 316 g/mol. The maximum absolute atomic E-state index is 2.25. The Labute approximate surface area is 108 Å². The van der Waals surface area contributed by atoms with Crippen molar-refractivity contribution in [3.63, 3.8) is 0 Å². The molecule has 0 atom stereocenters. The molecule has 0 bridgehead atoms. The van der Waals surface area contributed by atoms with Crippen LogP contribution in [0.5, 0.6) is 0 Å². The van der Waals surface area contributed by atoms with Gasteiger partial charge in [0.25, 0.3) is 0 Å². The largest absolute Gasteiger partial charge is 1.00 e. The number of fused-ring (bicyclic) bond motifs is 1. The highest BCUT2D eigenvalue weighted by atomic mass is 127.